The highest BCUT2D eigenvalue weighted by atomic mass is 32.2. The molecule has 1 aliphatic rings. The van der Waals surface area contributed by atoms with Crippen LogP contribution in [0.15, 0.2) is 77.7 Å². The van der Waals surface area contributed by atoms with E-state index in [9.17, 15) is 13.2 Å². The van der Waals surface area contributed by atoms with E-state index in [1.165, 1.54) is 5.56 Å². The Bertz CT molecular complexity index is 1380. The number of nitrogens with zero attached hydrogens (tertiary/aromatic N) is 2. The van der Waals surface area contributed by atoms with Crippen molar-refractivity contribution in [2.45, 2.75) is 76.8 Å². The Morgan fingerprint density at radius 1 is 0.949 bits per heavy atom. The predicted molar refractivity (Wildman–Crippen MR) is 159 cm³/mol. The van der Waals surface area contributed by atoms with Crippen molar-refractivity contribution in [1.82, 2.24) is 9.62 Å². The van der Waals surface area contributed by atoms with Gasteiger partial charge in [-0.25, -0.2) is 17.9 Å². The second kappa shape index (κ2) is 12.3. The number of aryl methyl sites for hydroxylation is 1. The Kier molecular flexibility index (Phi) is 9.13. The minimum absolute atomic E-state index is 0.0482. The first-order valence-electron chi connectivity index (χ1n) is 14.0. The van der Waals surface area contributed by atoms with Crippen molar-refractivity contribution in [3.63, 3.8) is 0 Å². The summed E-state index contributed by atoms with van der Waals surface area (Å²) in [6, 6.07) is 23.2. The fourth-order valence-corrected chi connectivity index (χ4v) is 6.75. The molecular formula is C32H41N3O3S. The molecule has 0 aromatic heterocycles. The van der Waals surface area contributed by atoms with E-state index in [1.807, 2.05) is 85.2 Å². The van der Waals surface area contributed by atoms with Crippen LogP contribution in [0.1, 0.15) is 64.5 Å². The van der Waals surface area contributed by atoms with Gasteiger partial charge in [0.1, 0.15) is 0 Å². The Morgan fingerprint density at radius 3 is 2.36 bits per heavy atom. The van der Waals surface area contributed by atoms with Crippen molar-refractivity contribution in [2.75, 3.05) is 18.0 Å². The van der Waals surface area contributed by atoms with Gasteiger partial charge in [0.25, 0.3) is 0 Å². The van der Waals surface area contributed by atoms with Crippen LogP contribution in [0, 0.1) is 0 Å². The van der Waals surface area contributed by atoms with Gasteiger partial charge in [-0.05, 0) is 68.9 Å². The quantitative estimate of drug-likeness (QED) is 0.293. The number of hydrogen-bond donors (Lipinski definition) is 1. The second-order valence-electron chi connectivity index (χ2n) is 11.3. The molecule has 0 atom stereocenters. The molecule has 3 aromatic carbocycles. The molecule has 0 saturated heterocycles. The number of anilines is 1. The average Bonchev–Trinajstić information content (AvgIpc) is 2.91. The SMILES string of the molecule is CCCCCN(Cc1ccc(-c2ccccc2S(=O)(=O)NC(C)(C)C)cc1)C(=O)N1CCCc2ccccc21. The van der Waals surface area contributed by atoms with Gasteiger partial charge >= 0.3 is 6.03 Å². The standard InChI is InChI=1S/C32H41N3O3S/c1-5-6-11-22-34(31(36)35-23-12-14-27-13-7-9-16-29(27)35)24-25-18-20-26(21-19-25)28-15-8-10-17-30(28)39(37,38)33-32(2,3)4/h7-10,13,15-21,33H,5-6,11-12,14,22-24H2,1-4H3. The van der Waals surface area contributed by atoms with Gasteiger partial charge < -0.3 is 4.90 Å². The molecule has 39 heavy (non-hydrogen) atoms. The number of unbranched alkanes of at least 4 members (excludes halogenated alkanes) is 2. The molecule has 1 aliphatic heterocycles. The van der Waals surface area contributed by atoms with E-state index in [2.05, 4.69) is 17.7 Å². The number of hydrogen-bond acceptors (Lipinski definition) is 3. The predicted octanol–water partition coefficient (Wildman–Crippen LogP) is 7.00. The van der Waals surface area contributed by atoms with Crippen molar-refractivity contribution in [1.29, 1.82) is 0 Å². The molecule has 4 rings (SSSR count). The van der Waals surface area contributed by atoms with E-state index >= 15 is 0 Å². The van der Waals surface area contributed by atoms with Gasteiger partial charge in [-0.15, -0.1) is 0 Å². The first kappa shape index (κ1) is 28.8. The summed E-state index contributed by atoms with van der Waals surface area (Å²) in [5.41, 5.74) is 4.15. The average molecular weight is 548 g/mol. The molecule has 2 amide bonds. The van der Waals surface area contributed by atoms with Gasteiger partial charge in [0, 0.05) is 36.4 Å². The smallest absolute Gasteiger partial charge is 0.320 e. The number of rotatable bonds is 9. The van der Waals surface area contributed by atoms with E-state index in [0.29, 0.717) is 18.7 Å². The van der Waals surface area contributed by atoms with E-state index in [0.717, 1.165) is 55.5 Å². The van der Waals surface area contributed by atoms with Crippen LogP contribution in [0.5, 0.6) is 0 Å². The lowest BCUT2D eigenvalue weighted by Crippen LogP contribution is -2.45. The van der Waals surface area contributed by atoms with Crippen LogP contribution >= 0.6 is 0 Å². The number of benzene rings is 3. The van der Waals surface area contributed by atoms with E-state index in [4.69, 9.17) is 0 Å². The number of amides is 2. The van der Waals surface area contributed by atoms with E-state index in [-0.39, 0.29) is 10.9 Å². The maximum absolute atomic E-state index is 13.8. The number of nitrogens with one attached hydrogen (secondary N) is 1. The molecule has 0 fully saturated rings. The number of urea groups is 1. The van der Waals surface area contributed by atoms with Crippen LogP contribution in [0.2, 0.25) is 0 Å². The monoisotopic (exact) mass is 547 g/mol. The number of para-hydroxylation sites is 1. The lowest BCUT2D eigenvalue weighted by molar-refractivity contribution is 0.200. The normalized spacial score (nSPS) is 13.7. The van der Waals surface area contributed by atoms with Gasteiger partial charge in [-0.2, -0.15) is 0 Å². The van der Waals surface area contributed by atoms with Crippen molar-refractivity contribution < 1.29 is 13.2 Å². The summed E-state index contributed by atoms with van der Waals surface area (Å²) in [4.78, 5) is 17.9. The largest absolute Gasteiger partial charge is 0.324 e. The highest BCUT2D eigenvalue weighted by molar-refractivity contribution is 7.89. The molecule has 0 bridgehead atoms. The number of carbonyl (C=O) groups excluding carboxylic acids is 1. The zero-order valence-electron chi connectivity index (χ0n) is 23.6. The summed E-state index contributed by atoms with van der Waals surface area (Å²) in [7, 11) is -3.70. The van der Waals surface area contributed by atoms with Crippen LogP contribution in [0.25, 0.3) is 11.1 Å². The minimum Gasteiger partial charge on any atom is -0.320 e. The summed E-state index contributed by atoms with van der Waals surface area (Å²) in [5.74, 6) is 0. The van der Waals surface area contributed by atoms with Gasteiger partial charge in [0.15, 0.2) is 0 Å². The molecular weight excluding hydrogens is 506 g/mol. The van der Waals surface area contributed by atoms with Crippen LogP contribution in [-0.2, 0) is 23.0 Å². The summed E-state index contributed by atoms with van der Waals surface area (Å²) in [6.07, 6.45) is 5.09. The lowest BCUT2D eigenvalue weighted by atomic mass is 10.0. The molecule has 0 radical (unpaired) electrons. The molecule has 0 aliphatic carbocycles. The highest BCUT2D eigenvalue weighted by Crippen LogP contribution is 2.30. The van der Waals surface area contributed by atoms with E-state index < -0.39 is 15.6 Å². The van der Waals surface area contributed by atoms with Crippen molar-refractivity contribution in [3.8, 4) is 11.1 Å². The Balaban J connectivity index is 1.57. The summed E-state index contributed by atoms with van der Waals surface area (Å²) >= 11 is 0. The first-order chi connectivity index (χ1) is 18.6. The summed E-state index contributed by atoms with van der Waals surface area (Å²) in [6.45, 7) is 9.60. The zero-order chi connectivity index (χ0) is 28.0. The van der Waals surface area contributed by atoms with Gasteiger partial charge in [-0.3, -0.25) is 4.90 Å². The van der Waals surface area contributed by atoms with Gasteiger partial charge in [0.2, 0.25) is 10.0 Å². The molecule has 1 heterocycles. The third-order valence-corrected chi connectivity index (χ3v) is 8.71. The number of carbonyl (C=O) groups is 1. The van der Waals surface area contributed by atoms with Crippen LogP contribution in [-0.4, -0.2) is 38.0 Å². The third kappa shape index (κ3) is 7.28. The Morgan fingerprint density at radius 2 is 1.64 bits per heavy atom. The topological polar surface area (TPSA) is 69.7 Å². The summed E-state index contributed by atoms with van der Waals surface area (Å²) < 4.78 is 29.0. The zero-order valence-corrected chi connectivity index (χ0v) is 24.4. The van der Waals surface area contributed by atoms with Gasteiger partial charge in [-0.1, -0.05) is 80.4 Å². The maximum Gasteiger partial charge on any atom is 0.324 e. The van der Waals surface area contributed by atoms with Crippen LogP contribution < -0.4 is 9.62 Å². The fourth-order valence-electron chi connectivity index (χ4n) is 5.11. The van der Waals surface area contributed by atoms with Crippen molar-refractivity contribution in [2.24, 2.45) is 0 Å². The fraction of sp³-hybridized carbons (Fsp3) is 0.406. The second-order valence-corrected chi connectivity index (χ2v) is 13.0. The lowest BCUT2D eigenvalue weighted by Gasteiger charge is -2.34. The minimum atomic E-state index is -3.70. The Hall–Kier alpha value is -3.16. The summed E-state index contributed by atoms with van der Waals surface area (Å²) in [5, 5.41) is 0. The van der Waals surface area contributed by atoms with Crippen molar-refractivity contribution >= 4 is 21.7 Å². The van der Waals surface area contributed by atoms with Crippen LogP contribution in [0.4, 0.5) is 10.5 Å². The molecule has 0 unspecified atom stereocenters. The first-order valence-corrected chi connectivity index (χ1v) is 15.4. The molecule has 3 aromatic rings. The number of fused-ring (bicyclic) bond motifs is 1. The van der Waals surface area contributed by atoms with Crippen LogP contribution in [0.3, 0.4) is 0 Å². The number of sulfonamides is 1. The molecule has 0 spiro atoms. The van der Waals surface area contributed by atoms with Gasteiger partial charge in [0.05, 0.1) is 4.90 Å². The maximum atomic E-state index is 13.8. The Labute approximate surface area is 234 Å². The highest BCUT2D eigenvalue weighted by Gasteiger charge is 2.27. The van der Waals surface area contributed by atoms with Crippen molar-refractivity contribution in [3.05, 3.63) is 83.9 Å². The van der Waals surface area contributed by atoms with E-state index in [1.54, 1.807) is 12.1 Å². The third-order valence-electron chi connectivity index (χ3n) is 6.90. The molecule has 208 valence electrons. The molecule has 0 saturated carbocycles. The molecule has 1 N–H and O–H groups in total. The molecule has 7 heteroatoms. The molecule has 6 nitrogen and oxygen atoms in total.